The van der Waals surface area contributed by atoms with Crippen molar-refractivity contribution in [3.05, 3.63) is 53.1 Å². The first-order chi connectivity index (χ1) is 16.6. The zero-order valence-electron chi connectivity index (χ0n) is 19.3. The molecule has 182 valence electrons. The Morgan fingerprint density at radius 2 is 1.85 bits per heavy atom. The van der Waals surface area contributed by atoms with Crippen molar-refractivity contribution in [1.82, 2.24) is 5.32 Å². The SMILES string of the molecule is O=C(CNc1ccc(Cl)c(C(=O)NC2CCCCC2)c1)Nc1cccc(OCC2CCCO2)c1. The maximum absolute atomic E-state index is 12.7. The normalized spacial score (nSPS) is 18.3. The van der Waals surface area contributed by atoms with Gasteiger partial charge >= 0.3 is 0 Å². The first kappa shape index (κ1) is 24.4. The molecule has 8 heteroatoms. The molecular formula is C26H32ClN3O4. The summed E-state index contributed by atoms with van der Waals surface area (Å²) in [4.78, 5) is 25.2. The number of ether oxygens (including phenoxy) is 2. The second-order valence-electron chi connectivity index (χ2n) is 8.88. The maximum Gasteiger partial charge on any atom is 0.253 e. The van der Waals surface area contributed by atoms with Crippen LogP contribution in [0.4, 0.5) is 11.4 Å². The molecule has 2 aromatic carbocycles. The Kier molecular flexibility index (Phi) is 8.66. The molecule has 34 heavy (non-hydrogen) atoms. The molecule has 1 saturated carbocycles. The minimum absolute atomic E-state index is 0.0479. The zero-order chi connectivity index (χ0) is 23.8. The van der Waals surface area contributed by atoms with Crippen molar-refractivity contribution < 1.29 is 19.1 Å². The van der Waals surface area contributed by atoms with Crippen LogP contribution < -0.4 is 20.7 Å². The molecule has 2 fully saturated rings. The standard InChI is InChI=1S/C26H32ClN3O4/c27-24-12-11-19(15-23(24)26(32)30-18-6-2-1-3-7-18)28-16-25(31)29-20-8-4-9-21(14-20)34-17-22-10-5-13-33-22/h4,8-9,11-12,14-15,18,22,28H,1-3,5-7,10,13,16-17H2,(H,29,31)(H,30,32). The van der Waals surface area contributed by atoms with E-state index >= 15 is 0 Å². The van der Waals surface area contributed by atoms with E-state index in [1.54, 1.807) is 24.3 Å². The van der Waals surface area contributed by atoms with E-state index in [1.807, 2.05) is 18.2 Å². The Balaban J connectivity index is 1.27. The topological polar surface area (TPSA) is 88.7 Å². The van der Waals surface area contributed by atoms with Crippen LogP contribution in [-0.2, 0) is 9.53 Å². The van der Waals surface area contributed by atoms with Gasteiger partial charge in [-0.15, -0.1) is 0 Å². The number of carbonyl (C=O) groups excluding carboxylic acids is 2. The summed E-state index contributed by atoms with van der Waals surface area (Å²) in [5.41, 5.74) is 1.72. The van der Waals surface area contributed by atoms with E-state index in [2.05, 4.69) is 16.0 Å². The van der Waals surface area contributed by atoms with Gasteiger partial charge in [-0.25, -0.2) is 0 Å². The van der Waals surface area contributed by atoms with Crippen molar-refractivity contribution in [2.45, 2.75) is 57.1 Å². The van der Waals surface area contributed by atoms with Gasteiger partial charge in [-0.3, -0.25) is 9.59 Å². The van der Waals surface area contributed by atoms with E-state index < -0.39 is 0 Å². The van der Waals surface area contributed by atoms with Gasteiger partial charge in [0.05, 0.1) is 23.2 Å². The van der Waals surface area contributed by atoms with Crippen molar-refractivity contribution in [1.29, 1.82) is 0 Å². The van der Waals surface area contributed by atoms with Gasteiger partial charge in [-0.1, -0.05) is 36.9 Å². The summed E-state index contributed by atoms with van der Waals surface area (Å²) < 4.78 is 11.4. The number of hydrogen-bond donors (Lipinski definition) is 3. The van der Waals surface area contributed by atoms with Gasteiger partial charge in [0.2, 0.25) is 5.91 Å². The van der Waals surface area contributed by atoms with Gasteiger partial charge in [0.15, 0.2) is 0 Å². The first-order valence-electron chi connectivity index (χ1n) is 12.1. The monoisotopic (exact) mass is 485 g/mol. The van der Waals surface area contributed by atoms with E-state index in [-0.39, 0.29) is 30.5 Å². The molecule has 1 atom stereocenters. The molecule has 4 rings (SSSR count). The molecule has 1 aliphatic carbocycles. The van der Waals surface area contributed by atoms with Gasteiger partial charge in [-0.2, -0.15) is 0 Å². The predicted octanol–water partition coefficient (Wildman–Crippen LogP) is 5.01. The number of hydrogen-bond acceptors (Lipinski definition) is 5. The lowest BCUT2D eigenvalue weighted by Crippen LogP contribution is -2.36. The fourth-order valence-electron chi connectivity index (χ4n) is 4.34. The van der Waals surface area contributed by atoms with Crippen LogP contribution in [0.1, 0.15) is 55.3 Å². The minimum Gasteiger partial charge on any atom is -0.491 e. The lowest BCUT2D eigenvalue weighted by atomic mass is 9.95. The smallest absolute Gasteiger partial charge is 0.253 e. The van der Waals surface area contributed by atoms with Crippen LogP contribution in [0.5, 0.6) is 5.75 Å². The second kappa shape index (κ2) is 12.1. The summed E-state index contributed by atoms with van der Waals surface area (Å²) in [7, 11) is 0. The number of halogens is 1. The van der Waals surface area contributed by atoms with E-state index in [0.29, 0.717) is 34.3 Å². The Morgan fingerprint density at radius 1 is 1.00 bits per heavy atom. The molecule has 1 aliphatic heterocycles. The maximum atomic E-state index is 12.7. The number of nitrogens with one attached hydrogen (secondary N) is 3. The Bertz CT molecular complexity index is 988. The van der Waals surface area contributed by atoms with E-state index in [1.165, 1.54) is 6.42 Å². The highest BCUT2D eigenvalue weighted by molar-refractivity contribution is 6.34. The van der Waals surface area contributed by atoms with Crippen molar-refractivity contribution in [3.8, 4) is 5.75 Å². The quantitative estimate of drug-likeness (QED) is 0.464. The van der Waals surface area contributed by atoms with Crippen LogP contribution >= 0.6 is 11.6 Å². The molecule has 1 saturated heterocycles. The summed E-state index contributed by atoms with van der Waals surface area (Å²) >= 11 is 6.27. The molecule has 0 spiro atoms. The highest BCUT2D eigenvalue weighted by Crippen LogP contribution is 2.23. The van der Waals surface area contributed by atoms with Gasteiger partial charge in [-0.05, 0) is 56.0 Å². The highest BCUT2D eigenvalue weighted by Gasteiger charge is 2.19. The van der Waals surface area contributed by atoms with Gasteiger partial charge < -0.3 is 25.4 Å². The minimum atomic E-state index is -0.209. The summed E-state index contributed by atoms with van der Waals surface area (Å²) in [6.45, 7) is 1.34. The molecule has 1 unspecified atom stereocenters. The fraction of sp³-hybridized carbons (Fsp3) is 0.462. The average molecular weight is 486 g/mol. The van der Waals surface area contributed by atoms with Gasteiger partial charge in [0.1, 0.15) is 12.4 Å². The van der Waals surface area contributed by atoms with Crippen molar-refractivity contribution in [2.24, 2.45) is 0 Å². The van der Waals surface area contributed by atoms with Crippen LogP contribution in [0.25, 0.3) is 0 Å². The van der Waals surface area contributed by atoms with E-state index in [9.17, 15) is 9.59 Å². The Hall–Kier alpha value is -2.77. The fourth-order valence-corrected chi connectivity index (χ4v) is 4.54. The Morgan fingerprint density at radius 3 is 2.65 bits per heavy atom. The molecule has 2 aliphatic rings. The molecule has 0 bridgehead atoms. The predicted molar refractivity (Wildman–Crippen MR) is 134 cm³/mol. The van der Waals surface area contributed by atoms with Crippen molar-refractivity contribution >= 4 is 34.8 Å². The van der Waals surface area contributed by atoms with Crippen LogP contribution in [0.15, 0.2) is 42.5 Å². The van der Waals surface area contributed by atoms with Gasteiger partial charge in [0, 0.05) is 30.1 Å². The zero-order valence-corrected chi connectivity index (χ0v) is 20.0. The number of rotatable bonds is 9. The number of carbonyl (C=O) groups is 2. The average Bonchev–Trinajstić information content (AvgIpc) is 3.37. The number of amides is 2. The first-order valence-corrected chi connectivity index (χ1v) is 12.4. The van der Waals surface area contributed by atoms with Crippen molar-refractivity contribution in [3.63, 3.8) is 0 Å². The van der Waals surface area contributed by atoms with E-state index in [0.717, 1.165) is 45.1 Å². The summed E-state index contributed by atoms with van der Waals surface area (Å²) in [5.74, 6) is 0.303. The largest absolute Gasteiger partial charge is 0.491 e. The summed E-state index contributed by atoms with van der Waals surface area (Å²) in [6, 6.07) is 12.6. The summed E-state index contributed by atoms with van der Waals surface area (Å²) in [5, 5.41) is 9.41. The van der Waals surface area contributed by atoms with Crippen LogP contribution in [0.2, 0.25) is 5.02 Å². The molecule has 1 heterocycles. The molecule has 2 amide bonds. The lowest BCUT2D eigenvalue weighted by Gasteiger charge is -2.23. The van der Waals surface area contributed by atoms with Gasteiger partial charge in [0.25, 0.3) is 5.91 Å². The third-order valence-electron chi connectivity index (χ3n) is 6.18. The van der Waals surface area contributed by atoms with Crippen molar-refractivity contribution in [2.75, 3.05) is 30.4 Å². The number of anilines is 2. The Labute approximate surface area is 205 Å². The lowest BCUT2D eigenvalue weighted by molar-refractivity contribution is -0.114. The molecular weight excluding hydrogens is 454 g/mol. The molecule has 0 aromatic heterocycles. The number of benzene rings is 2. The molecule has 3 N–H and O–H groups in total. The second-order valence-corrected chi connectivity index (χ2v) is 9.29. The van der Waals surface area contributed by atoms with Crippen LogP contribution in [0.3, 0.4) is 0 Å². The third kappa shape index (κ3) is 7.11. The van der Waals surface area contributed by atoms with E-state index in [4.69, 9.17) is 21.1 Å². The van der Waals surface area contributed by atoms with Crippen LogP contribution in [-0.4, -0.2) is 43.7 Å². The molecule has 2 aromatic rings. The highest BCUT2D eigenvalue weighted by atomic mass is 35.5. The van der Waals surface area contributed by atoms with Crippen LogP contribution in [0, 0.1) is 0 Å². The third-order valence-corrected chi connectivity index (χ3v) is 6.51. The molecule has 0 radical (unpaired) electrons. The summed E-state index contributed by atoms with van der Waals surface area (Å²) in [6.07, 6.45) is 7.72. The molecule has 7 nitrogen and oxygen atoms in total.